The normalized spacial score (nSPS) is 15.5. The van der Waals surface area contributed by atoms with Crippen molar-refractivity contribution >= 4 is 0 Å². The Kier molecular flexibility index (Phi) is 5.48. The number of pyridine rings is 1. The molecule has 1 aromatic heterocycles. The summed E-state index contributed by atoms with van der Waals surface area (Å²) in [5.41, 5.74) is 1.01. The second-order valence-corrected chi connectivity index (χ2v) is 6.09. The Morgan fingerprint density at radius 1 is 0.957 bits per heavy atom. The van der Waals surface area contributed by atoms with Gasteiger partial charge in [0.25, 0.3) is 0 Å². The van der Waals surface area contributed by atoms with Crippen molar-refractivity contribution in [3.63, 3.8) is 0 Å². The van der Waals surface area contributed by atoms with Gasteiger partial charge in [-0.2, -0.15) is 0 Å². The molecule has 2 aromatic rings. The minimum absolute atomic E-state index is 0.0600. The molecule has 0 spiro atoms. The van der Waals surface area contributed by atoms with Crippen molar-refractivity contribution in [2.24, 2.45) is 0 Å². The van der Waals surface area contributed by atoms with Crippen LogP contribution in [-0.4, -0.2) is 29.1 Å². The maximum absolute atomic E-state index is 11.9. The van der Waals surface area contributed by atoms with Crippen LogP contribution in [0.25, 0.3) is 0 Å². The lowest BCUT2D eigenvalue weighted by Gasteiger charge is -2.26. The van der Waals surface area contributed by atoms with Crippen molar-refractivity contribution in [2.45, 2.75) is 32.4 Å². The second-order valence-electron chi connectivity index (χ2n) is 6.09. The minimum Gasteiger partial charge on any atom is -0.483 e. The summed E-state index contributed by atoms with van der Waals surface area (Å²) in [5.74, 6) is 0.426. The van der Waals surface area contributed by atoms with Crippen molar-refractivity contribution in [1.82, 2.24) is 9.47 Å². The molecule has 1 saturated heterocycles. The van der Waals surface area contributed by atoms with Crippen LogP contribution in [0.15, 0.2) is 53.6 Å². The van der Waals surface area contributed by atoms with E-state index in [1.807, 2.05) is 42.7 Å². The molecule has 0 unspecified atom stereocenters. The summed E-state index contributed by atoms with van der Waals surface area (Å²) in [7, 11) is 0. The summed E-state index contributed by atoms with van der Waals surface area (Å²) in [5, 5.41) is 0. The van der Waals surface area contributed by atoms with Gasteiger partial charge in [0, 0.05) is 25.4 Å². The van der Waals surface area contributed by atoms with Crippen LogP contribution in [0, 0.1) is 0 Å². The second kappa shape index (κ2) is 7.97. The summed E-state index contributed by atoms with van der Waals surface area (Å²) in [6, 6.07) is 11.5. The van der Waals surface area contributed by atoms with E-state index in [0.29, 0.717) is 12.4 Å². The number of piperidine rings is 1. The Bertz CT molecular complexity index is 661. The van der Waals surface area contributed by atoms with Gasteiger partial charge >= 0.3 is 0 Å². The van der Waals surface area contributed by atoms with Crippen molar-refractivity contribution < 1.29 is 4.74 Å². The number of hydrogen-bond donors (Lipinski definition) is 0. The van der Waals surface area contributed by atoms with Crippen LogP contribution < -0.4 is 10.2 Å². The highest BCUT2D eigenvalue weighted by molar-refractivity contribution is 5.19. The molecule has 0 amide bonds. The zero-order valence-electron chi connectivity index (χ0n) is 13.5. The molecule has 1 aliphatic heterocycles. The summed E-state index contributed by atoms with van der Waals surface area (Å²) in [6.45, 7) is 4.73. The molecule has 0 radical (unpaired) electrons. The highest BCUT2D eigenvalue weighted by Crippen LogP contribution is 2.10. The SMILES string of the molecule is O=c1ccn(CCN2CCCCC2)cc1OCc1ccccc1. The van der Waals surface area contributed by atoms with E-state index in [1.165, 1.54) is 32.4 Å². The average molecular weight is 312 g/mol. The molecule has 23 heavy (non-hydrogen) atoms. The van der Waals surface area contributed by atoms with E-state index >= 15 is 0 Å². The van der Waals surface area contributed by atoms with Gasteiger partial charge in [-0.3, -0.25) is 4.79 Å². The van der Waals surface area contributed by atoms with E-state index in [4.69, 9.17) is 4.74 Å². The van der Waals surface area contributed by atoms with Gasteiger partial charge in [-0.25, -0.2) is 0 Å². The summed E-state index contributed by atoms with van der Waals surface area (Å²) in [4.78, 5) is 14.4. The predicted octanol–water partition coefficient (Wildman–Crippen LogP) is 2.91. The van der Waals surface area contributed by atoms with Gasteiger partial charge in [0.1, 0.15) is 6.61 Å². The largest absolute Gasteiger partial charge is 0.483 e. The third-order valence-electron chi connectivity index (χ3n) is 4.30. The first kappa shape index (κ1) is 15.8. The highest BCUT2D eigenvalue weighted by atomic mass is 16.5. The molecule has 4 heteroatoms. The minimum atomic E-state index is -0.0600. The molecule has 4 nitrogen and oxygen atoms in total. The Morgan fingerprint density at radius 3 is 2.52 bits per heavy atom. The standard InChI is InChI=1S/C19H24N2O2/c22-18-9-12-21(14-13-20-10-5-2-6-11-20)15-19(18)23-16-17-7-3-1-4-8-17/h1,3-4,7-9,12,15H,2,5-6,10-11,13-14,16H2. The van der Waals surface area contributed by atoms with Gasteiger partial charge in [0.05, 0.1) is 6.20 Å². The quantitative estimate of drug-likeness (QED) is 0.822. The lowest BCUT2D eigenvalue weighted by atomic mass is 10.1. The number of rotatable bonds is 6. The first-order valence-corrected chi connectivity index (χ1v) is 8.40. The van der Waals surface area contributed by atoms with Crippen molar-refractivity contribution in [3.05, 3.63) is 64.6 Å². The molecular weight excluding hydrogens is 288 g/mol. The van der Waals surface area contributed by atoms with E-state index in [1.54, 1.807) is 6.07 Å². The van der Waals surface area contributed by atoms with Crippen LogP contribution in [0.5, 0.6) is 5.75 Å². The first-order valence-electron chi connectivity index (χ1n) is 8.40. The Balaban J connectivity index is 1.58. The fourth-order valence-corrected chi connectivity index (χ4v) is 2.93. The Hall–Kier alpha value is -2.07. The van der Waals surface area contributed by atoms with Crippen LogP contribution in [0.2, 0.25) is 0 Å². The molecule has 0 atom stereocenters. The monoisotopic (exact) mass is 312 g/mol. The van der Waals surface area contributed by atoms with Gasteiger partial charge in [0.15, 0.2) is 5.75 Å². The molecule has 1 aliphatic rings. The number of nitrogens with zero attached hydrogens (tertiary/aromatic N) is 2. The molecule has 0 saturated carbocycles. The lowest BCUT2D eigenvalue weighted by Crippen LogP contribution is -2.32. The number of benzene rings is 1. The van der Waals surface area contributed by atoms with Gasteiger partial charge in [-0.15, -0.1) is 0 Å². The number of ether oxygens (including phenoxy) is 1. The number of aromatic nitrogens is 1. The summed E-state index contributed by atoms with van der Waals surface area (Å²) < 4.78 is 7.76. The smallest absolute Gasteiger partial charge is 0.223 e. The lowest BCUT2D eigenvalue weighted by molar-refractivity contribution is 0.220. The van der Waals surface area contributed by atoms with Crippen molar-refractivity contribution in [3.8, 4) is 5.75 Å². The van der Waals surface area contributed by atoms with Crippen molar-refractivity contribution in [1.29, 1.82) is 0 Å². The predicted molar refractivity (Wildman–Crippen MR) is 91.8 cm³/mol. The molecule has 3 rings (SSSR count). The molecular formula is C19H24N2O2. The molecule has 122 valence electrons. The topological polar surface area (TPSA) is 34.5 Å². The van der Waals surface area contributed by atoms with E-state index < -0.39 is 0 Å². The fraction of sp³-hybridized carbons (Fsp3) is 0.421. The molecule has 0 bridgehead atoms. The highest BCUT2D eigenvalue weighted by Gasteiger charge is 2.09. The van der Waals surface area contributed by atoms with Crippen LogP contribution in [-0.2, 0) is 13.2 Å². The zero-order valence-corrected chi connectivity index (χ0v) is 13.5. The fourth-order valence-electron chi connectivity index (χ4n) is 2.93. The van der Waals surface area contributed by atoms with E-state index in [0.717, 1.165) is 18.7 Å². The van der Waals surface area contributed by atoms with Gasteiger partial charge in [-0.1, -0.05) is 36.8 Å². The molecule has 1 aromatic carbocycles. The van der Waals surface area contributed by atoms with Crippen LogP contribution in [0.3, 0.4) is 0 Å². The summed E-state index contributed by atoms with van der Waals surface area (Å²) >= 11 is 0. The first-order chi connectivity index (χ1) is 11.3. The Morgan fingerprint density at radius 2 is 1.74 bits per heavy atom. The third kappa shape index (κ3) is 4.70. The number of likely N-dealkylation sites (tertiary alicyclic amines) is 1. The van der Waals surface area contributed by atoms with E-state index in [-0.39, 0.29) is 5.43 Å². The maximum Gasteiger partial charge on any atom is 0.223 e. The maximum atomic E-state index is 11.9. The Labute approximate surface area is 137 Å². The van der Waals surface area contributed by atoms with Crippen molar-refractivity contribution in [2.75, 3.05) is 19.6 Å². The van der Waals surface area contributed by atoms with Gasteiger partial charge in [-0.05, 0) is 31.5 Å². The van der Waals surface area contributed by atoms with Crippen LogP contribution in [0.1, 0.15) is 24.8 Å². The van der Waals surface area contributed by atoms with Crippen LogP contribution >= 0.6 is 0 Å². The molecule has 1 fully saturated rings. The van der Waals surface area contributed by atoms with Gasteiger partial charge in [0.2, 0.25) is 5.43 Å². The van der Waals surface area contributed by atoms with Gasteiger partial charge < -0.3 is 14.2 Å². The molecule has 0 aliphatic carbocycles. The third-order valence-corrected chi connectivity index (χ3v) is 4.30. The van der Waals surface area contributed by atoms with Crippen LogP contribution in [0.4, 0.5) is 0 Å². The number of hydrogen-bond acceptors (Lipinski definition) is 3. The summed E-state index contributed by atoms with van der Waals surface area (Å²) in [6.07, 6.45) is 7.63. The average Bonchev–Trinajstić information content (AvgIpc) is 2.62. The van der Waals surface area contributed by atoms with E-state index in [2.05, 4.69) is 9.47 Å². The molecule has 0 N–H and O–H groups in total. The zero-order chi connectivity index (χ0) is 15.9. The molecule has 2 heterocycles. The van der Waals surface area contributed by atoms with E-state index in [9.17, 15) is 4.79 Å².